The highest BCUT2D eigenvalue weighted by molar-refractivity contribution is 7.99. The van der Waals surface area contributed by atoms with Crippen molar-refractivity contribution in [1.82, 2.24) is 14.6 Å². The van der Waals surface area contributed by atoms with Gasteiger partial charge in [0.1, 0.15) is 29.9 Å². The quantitative estimate of drug-likeness (QED) is 0.0212. The summed E-state index contributed by atoms with van der Waals surface area (Å²) in [6.07, 6.45) is -10.3. The third-order valence-electron chi connectivity index (χ3n) is 11.7. The van der Waals surface area contributed by atoms with Crippen LogP contribution in [0.15, 0.2) is 95.9 Å². The average Bonchev–Trinajstić information content (AvgIpc) is 3.55. The van der Waals surface area contributed by atoms with E-state index < -0.39 is 103 Å². The van der Waals surface area contributed by atoms with E-state index >= 15 is 0 Å². The van der Waals surface area contributed by atoms with Crippen molar-refractivity contribution in [2.45, 2.75) is 127 Å². The number of nitrogens with zero attached hydrogens (tertiary/aromatic N) is 2. The molecule has 1 amide bonds. The predicted octanol–water partition coefficient (Wildman–Crippen LogP) is 10.4. The van der Waals surface area contributed by atoms with Crippen LogP contribution >= 0.6 is 31.3 Å². The summed E-state index contributed by atoms with van der Waals surface area (Å²) in [6.45, 7) is 8.70. The Bertz CT molecular complexity index is 2510. The van der Waals surface area contributed by atoms with Gasteiger partial charge < -0.3 is 29.5 Å². The van der Waals surface area contributed by atoms with Crippen molar-refractivity contribution in [3.05, 3.63) is 124 Å². The van der Waals surface area contributed by atoms with E-state index in [1.54, 1.807) is 55.6 Å². The molecule has 5 rings (SSSR count). The molecule has 7 atom stereocenters. The first-order valence-electron chi connectivity index (χ1n) is 23.0. The van der Waals surface area contributed by atoms with E-state index in [1.165, 1.54) is 62.5 Å². The second-order valence-corrected chi connectivity index (χ2v) is 22.9. The molecular weight excluding hydrogens is 1010 g/mol. The highest BCUT2D eigenvalue weighted by Gasteiger charge is 2.55. The summed E-state index contributed by atoms with van der Waals surface area (Å²) in [5.41, 5.74) is -3.04. The lowest BCUT2D eigenvalue weighted by Gasteiger charge is -2.31. The Morgan fingerprint density at radius 1 is 0.903 bits per heavy atom. The van der Waals surface area contributed by atoms with Gasteiger partial charge in [-0.1, -0.05) is 63.2 Å². The summed E-state index contributed by atoms with van der Waals surface area (Å²) in [7, 11) is -4.39. The number of anilines is 1. The van der Waals surface area contributed by atoms with Crippen LogP contribution in [0.5, 0.6) is 5.75 Å². The summed E-state index contributed by atoms with van der Waals surface area (Å²) in [5, 5.41) is 27.2. The van der Waals surface area contributed by atoms with Gasteiger partial charge in [-0.2, -0.15) is 59.9 Å². The number of ether oxygens (including phenoxy) is 2. The molecule has 396 valence electrons. The molecule has 3 aromatic carbocycles. The van der Waals surface area contributed by atoms with Crippen LogP contribution in [0.25, 0.3) is 0 Å². The summed E-state index contributed by atoms with van der Waals surface area (Å²) >= 11 is 3.12. The first-order chi connectivity index (χ1) is 33.7. The molecule has 1 aromatic heterocycles. The number of halogens is 6. The highest BCUT2D eigenvalue weighted by atomic mass is 32.2. The number of carbonyl (C=O) groups is 2. The number of esters is 1. The number of carbonyl (C=O) groups excluding carboxylic acids is 2. The summed E-state index contributed by atoms with van der Waals surface area (Å²) in [4.78, 5) is 43.6. The van der Waals surface area contributed by atoms with Gasteiger partial charge in [-0.15, -0.1) is 0 Å². The fraction of sp³-hybridized carbons (Fsp3) is 0.510. The fourth-order valence-electron chi connectivity index (χ4n) is 7.59. The molecule has 2 unspecified atom stereocenters. The molecule has 23 heteroatoms. The molecule has 4 N–H and O–H groups in total. The third kappa shape index (κ3) is 17.1. The van der Waals surface area contributed by atoms with Crippen LogP contribution in [-0.2, 0) is 52.0 Å². The molecule has 0 radical (unpaired) electrons. The molecule has 0 bridgehead atoms. The van der Waals surface area contributed by atoms with Gasteiger partial charge in [-0.3, -0.25) is 18.7 Å². The number of para-hydroxylation sites is 1. The lowest BCUT2D eigenvalue weighted by molar-refractivity contribution is -0.149. The molecule has 72 heavy (non-hydrogen) atoms. The van der Waals surface area contributed by atoms with Gasteiger partial charge in [-0.05, 0) is 105 Å². The number of aliphatic hydroxyl groups excluding tert-OH is 2. The molecule has 1 fully saturated rings. The maximum Gasteiger partial charge on any atom is 0.459 e. The number of hydrogen-bond acceptors (Lipinski definition) is 13. The largest absolute Gasteiger partial charge is 0.462 e. The van der Waals surface area contributed by atoms with Crippen molar-refractivity contribution in [2.24, 2.45) is 10.8 Å². The maximum atomic E-state index is 14.1. The molecule has 4 aromatic rings. The number of aliphatic hydroxyl groups is 2. The van der Waals surface area contributed by atoms with Gasteiger partial charge in [-0.25, -0.2) is 9.36 Å². The monoisotopic (exact) mass is 1070 g/mol. The standard InChI is InChI=1S/C49H61F6N4O10PS2/c1-31(2)67-43(63)32(3)58-70(65,69-37-10-8-7-9-11-37)66-27-39-42(62)47(6,30-60)44(68-39)59-24-21-40(57-45(59)64)56-41(61)26-46(4,5)23-20-38(72-29-34-14-18-36(19-15-34)49(53,54)55)22-25-71-28-33-12-16-35(17-13-33)48(50,51)52/h7-19,21,24,31-32,38-39,42,44,60,62H,20,22-23,25-30H2,1-6H3,(H,58,65)(H,56,57,61,64)/t32-,38+,39+,42?,44+,47-,70?/m0/s1. The lowest BCUT2D eigenvalue weighted by atomic mass is 9.83. The maximum absolute atomic E-state index is 14.1. The van der Waals surface area contributed by atoms with E-state index in [0.29, 0.717) is 42.1 Å². The van der Waals surface area contributed by atoms with Gasteiger partial charge in [0.15, 0.2) is 0 Å². The number of hydrogen-bond donors (Lipinski definition) is 4. The Morgan fingerprint density at radius 3 is 2.06 bits per heavy atom. The van der Waals surface area contributed by atoms with Crippen molar-refractivity contribution in [1.29, 1.82) is 0 Å². The van der Waals surface area contributed by atoms with E-state index in [4.69, 9.17) is 18.5 Å². The zero-order valence-electron chi connectivity index (χ0n) is 40.6. The highest BCUT2D eigenvalue weighted by Crippen LogP contribution is 2.49. The number of thioether (sulfide) groups is 2. The van der Waals surface area contributed by atoms with Crippen molar-refractivity contribution in [2.75, 3.05) is 24.3 Å². The van der Waals surface area contributed by atoms with Crippen molar-refractivity contribution in [3.63, 3.8) is 0 Å². The summed E-state index contributed by atoms with van der Waals surface area (Å²) < 4.78 is 117. The van der Waals surface area contributed by atoms with E-state index in [-0.39, 0.29) is 23.2 Å². The molecule has 2 heterocycles. The molecule has 1 saturated heterocycles. The van der Waals surface area contributed by atoms with Crippen molar-refractivity contribution < 1.29 is 69.2 Å². The average molecular weight is 1080 g/mol. The summed E-state index contributed by atoms with van der Waals surface area (Å²) in [6, 6.07) is 18.1. The van der Waals surface area contributed by atoms with E-state index in [9.17, 15) is 55.5 Å². The number of benzene rings is 3. The molecule has 0 spiro atoms. The number of alkyl halides is 6. The first-order valence-corrected chi connectivity index (χ1v) is 26.8. The molecular formula is C49H61F6N4O10PS2. The minimum Gasteiger partial charge on any atom is -0.462 e. The van der Waals surface area contributed by atoms with Gasteiger partial charge in [0, 0.05) is 29.4 Å². The number of aromatic nitrogens is 2. The Hall–Kier alpha value is -4.41. The Morgan fingerprint density at radius 2 is 1.50 bits per heavy atom. The van der Waals surface area contributed by atoms with E-state index in [2.05, 4.69) is 15.4 Å². The predicted molar refractivity (Wildman–Crippen MR) is 263 cm³/mol. The third-order valence-corrected chi connectivity index (χ3v) is 15.9. The Balaban J connectivity index is 1.20. The van der Waals surface area contributed by atoms with Crippen LogP contribution in [0.1, 0.15) is 95.7 Å². The Kier molecular flexibility index (Phi) is 20.5. The molecule has 1 aliphatic rings. The van der Waals surface area contributed by atoms with Gasteiger partial charge in [0.25, 0.3) is 0 Å². The molecule has 0 saturated carbocycles. The molecule has 0 aliphatic carbocycles. The van der Waals surface area contributed by atoms with Crippen LogP contribution in [-0.4, -0.2) is 80.2 Å². The fourth-order valence-corrected chi connectivity index (χ4v) is 11.5. The minimum atomic E-state index is -4.46. The first kappa shape index (κ1) is 58.5. The SMILES string of the molecule is CC(C)OC(=O)[C@H](C)NP(=O)(OC[C@H]1O[C@@H](n2ccc(NC(=O)CC(C)(C)CC[C@H](CCSCc3ccc(C(F)(F)F)cc3)SCc3ccc(C(F)(F)F)cc3)nc2=O)[C@@](C)(CO)C1O)Oc1ccccc1. The van der Waals surface area contributed by atoms with Gasteiger partial charge >= 0.3 is 31.8 Å². The second kappa shape index (κ2) is 25.2. The normalized spacial score (nSPS) is 20.2. The van der Waals surface area contributed by atoms with Gasteiger partial charge in [0.05, 0.1) is 42.0 Å². The van der Waals surface area contributed by atoms with Crippen LogP contribution < -0.4 is 20.6 Å². The summed E-state index contributed by atoms with van der Waals surface area (Å²) in [5.74, 6) is 0.455. The lowest BCUT2D eigenvalue weighted by Crippen LogP contribution is -2.43. The van der Waals surface area contributed by atoms with Crippen LogP contribution in [0, 0.1) is 10.8 Å². The number of rotatable bonds is 25. The zero-order chi connectivity index (χ0) is 53.1. The van der Waals surface area contributed by atoms with Crippen molar-refractivity contribution >= 4 is 49.0 Å². The molecule has 1 aliphatic heterocycles. The smallest absolute Gasteiger partial charge is 0.459 e. The second-order valence-electron chi connectivity index (χ2n) is 18.8. The van der Waals surface area contributed by atoms with Crippen LogP contribution in [0.4, 0.5) is 32.2 Å². The minimum absolute atomic E-state index is 0.0172. The Labute approximate surface area is 422 Å². The van der Waals surface area contributed by atoms with E-state index in [0.717, 1.165) is 34.4 Å². The van der Waals surface area contributed by atoms with Crippen molar-refractivity contribution in [3.8, 4) is 5.75 Å². The number of nitrogens with one attached hydrogen (secondary N) is 2. The van der Waals surface area contributed by atoms with Gasteiger partial charge in [0.2, 0.25) is 5.91 Å². The molecule has 14 nitrogen and oxygen atoms in total. The number of amides is 1. The zero-order valence-corrected chi connectivity index (χ0v) is 43.1. The van der Waals surface area contributed by atoms with E-state index in [1.807, 2.05) is 13.8 Å². The topological polar surface area (TPSA) is 188 Å². The van der Waals surface area contributed by atoms with Crippen LogP contribution in [0.2, 0.25) is 0 Å². The van der Waals surface area contributed by atoms with Crippen LogP contribution in [0.3, 0.4) is 0 Å².